The molecule has 2 heterocycles. The Labute approximate surface area is 195 Å². The Morgan fingerprint density at radius 2 is 1.94 bits per heavy atom. The van der Waals surface area contributed by atoms with Crippen LogP contribution in [0.2, 0.25) is 0 Å². The number of aromatic nitrogens is 1. The molecule has 0 amide bonds. The fourth-order valence-electron chi connectivity index (χ4n) is 3.91. The minimum absolute atomic E-state index is 0.156. The van der Waals surface area contributed by atoms with Crippen LogP contribution in [0.1, 0.15) is 40.0 Å². The van der Waals surface area contributed by atoms with Crippen LogP contribution in [0.15, 0.2) is 63.8 Å². The van der Waals surface area contributed by atoms with Crippen LogP contribution in [0.5, 0.6) is 0 Å². The maximum Gasteiger partial charge on any atom is 0.337 e. The van der Waals surface area contributed by atoms with Crippen molar-refractivity contribution in [3.05, 3.63) is 87.1 Å². The lowest BCUT2D eigenvalue weighted by atomic mass is 10.0. The number of benzene rings is 2. The van der Waals surface area contributed by atoms with E-state index in [2.05, 4.69) is 15.6 Å². The summed E-state index contributed by atoms with van der Waals surface area (Å²) in [5, 5.41) is 23.7. The van der Waals surface area contributed by atoms with Gasteiger partial charge in [-0.25, -0.2) is 9.78 Å². The summed E-state index contributed by atoms with van der Waals surface area (Å²) in [5.41, 5.74) is 3.50. The van der Waals surface area contributed by atoms with Crippen molar-refractivity contribution in [2.75, 3.05) is 17.7 Å². The van der Waals surface area contributed by atoms with Gasteiger partial charge in [0, 0.05) is 36.1 Å². The second kappa shape index (κ2) is 9.19. The number of anilines is 2. The van der Waals surface area contributed by atoms with Gasteiger partial charge in [0.15, 0.2) is 11.2 Å². The van der Waals surface area contributed by atoms with Crippen molar-refractivity contribution in [2.24, 2.45) is 0 Å². The van der Waals surface area contributed by atoms with Gasteiger partial charge in [0.1, 0.15) is 17.1 Å². The Hall–Kier alpha value is -4.46. The number of carboxylic acid groups (broad SMARTS) is 1. The number of aryl methyl sites for hydroxylation is 1. The number of hydrogen-bond donors (Lipinski definition) is 4. The number of aromatic carboxylic acids is 1. The first-order chi connectivity index (χ1) is 16.3. The molecule has 0 saturated carbocycles. The van der Waals surface area contributed by atoms with Crippen LogP contribution in [-0.4, -0.2) is 29.3 Å². The zero-order valence-corrected chi connectivity index (χ0v) is 19.0. The second-order valence-electron chi connectivity index (χ2n) is 7.95. The van der Waals surface area contributed by atoms with Crippen LogP contribution in [0, 0.1) is 12.3 Å². The van der Waals surface area contributed by atoms with Gasteiger partial charge in [-0.2, -0.15) is 0 Å². The van der Waals surface area contributed by atoms with E-state index >= 15 is 0 Å². The normalized spacial score (nSPS) is 11.7. The fraction of sp³-hybridized carbons (Fsp3) is 0.154. The number of rotatable bonds is 7. The van der Waals surface area contributed by atoms with Crippen LogP contribution < -0.4 is 16.1 Å². The molecule has 2 aromatic carbocycles. The van der Waals surface area contributed by atoms with Crippen molar-refractivity contribution in [1.29, 1.82) is 5.41 Å². The molecule has 4 aromatic rings. The molecule has 4 N–H and O–H groups in total. The smallest absolute Gasteiger partial charge is 0.337 e. The lowest BCUT2D eigenvalue weighted by molar-refractivity contribution is 0.0698. The molecule has 0 spiro atoms. The highest BCUT2D eigenvalue weighted by molar-refractivity contribution is 5.94. The van der Waals surface area contributed by atoms with E-state index < -0.39 is 5.97 Å². The number of nitrogens with one attached hydrogen (secondary N) is 3. The summed E-state index contributed by atoms with van der Waals surface area (Å²) in [4.78, 5) is 29.2. The molecular formula is C26H24N4O4. The van der Waals surface area contributed by atoms with E-state index in [1.807, 2.05) is 19.9 Å². The summed E-state index contributed by atoms with van der Waals surface area (Å²) in [6.07, 6.45) is 1.20. The standard InChI is InChI=1S/C26H24N4O4/c1-14-10-18(15(2)29-20-7-5-4-6-17(20)26(32)33)24-19(11-14)22(31)12-23(34-24)21-9-8-16(13-27)25(28-3)30-21/h4-13,15,27,29H,1-3H3,(H,28,30)(H,32,33). The largest absolute Gasteiger partial charge is 0.478 e. The number of carbonyl (C=O) groups is 1. The summed E-state index contributed by atoms with van der Waals surface area (Å²) < 4.78 is 6.22. The van der Waals surface area contributed by atoms with Gasteiger partial charge in [-0.3, -0.25) is 4.79 Å². The van der Waals surface area contributed by atoms with Gasteiger partial charge in [-0.05, 0) is 49.7 Å². The minimum Gasteiger partial charge on any atom is -0.478 e. The highest BCUT2D eigenvalue weighted by atomic mass is 16.4. The number of para-hydroxylation sites is 1. The molecule has 1 unspecified atom stereocenters. The zero-order valence-electron chi connectivity index (χ0n) is 19.0. The first-order valence-electron chi connectivity index (χ1n) is 10.7. The summed E-state index contributed by atoms with van der Waals surface area (Å²) in [6.45, 7) is 3.78. The highest BCUT2D eigenvalue weighted by Crippen LogP contribution is 2.31. The molecule has 0 aliphatic carbocycles. The maximum atomic E-state index is 13.0. The first kappa shape index (κ1) is 22.7. The van der Waals surface area contributed by atoms with Gasteiger partial charge in [0.25, 0.3) is 0 Å². The Morgan fingerprint density at radius 3 is 2.65 bits per heavy atom. The summed E-state index contributed by atoms with van der Waals surface area (Å²) >= 11 is 0. The van der Waals surface area contributed by atoms with Crippen molar-refractivity contribution in [2.45, 2.75) is 19.9 Å². The predicted molar refractivity (Wildman–Crippen MR) is 133 cm³/mol. The van der Waals surface area contributed by atoms with E-state index in [1.165, 1.54) is 18.3 Å². The molecule has 2 aromatic heterocycles. The Bertz CT molecular complexity index is 1480. The summed E-state index contributed by atoms with van der Waals surface area (Å²) in [6, 6.07) is 14.8. The third kappa shape index (κ3) is 4.25. The lowest BCUT2D eigenvalue weighted by Crippen LogP contribution is -2.12. The molecule has 0 fully saturated rings. The monoisotopic (exact) mass is 456 g/mol. The van der Waals surface area contributed by atoms with E-state index in [0.717, 1.165) is 11.1 Å². The van der Waals surface area contributed by atoms with E-state index in [4.69, 9.17) is 9.83 Å². The van der Waals surface area contributed by atoms with Crippen LogP contribution in [0.3, 0.4) is 0 Å². The van der Waals surface area contributed by atoms with Gasteiger partial charge < -0.3 is 25.6 Å². The number of hydrogen-bond acceptors (Lipinski definition) is 7. The summed E-state index contributed by atoms with van der Waals surface area (Å²) in [5.74, 6) is -0.230. The third-order valence-corrected chi connectivity index (χ3v) is 5.57. The molecule has 34 heavy (non-hydrogen) atoms. The van der Waals surface area contributed by atoms with Crippen LogP contribution >= 0.6 is 0 Å². The lowest BCUT2D eigenvalue weighted by Gasteiger charge is -2.19. The van der Waals surface area contributed by atoms with Crippen molar-refractivity contribution in [1.82, 2.24) is 4.98 Å². The molecule has 0 radical (unpaired) electrons. The number of pyridine rings is 1. The first-order valence-corrected chi connectivity index (χ1v) is 10.7. The van der Waals surface area contributed by atoms with Crippen LogP contribution in [0.25, 0.3) is 22.4 Å². The highest BCUT2D eigenvalue weighted by Gasteiger charge is 2.19. The van der Waals surface area contributed by atoms with E-state index in [-0.39, 0.29) is 17.0 Å². The molecule has 8 heteroatoms. The molecule has 172 valence electrons. The van der Waals surface area contributed by atoms with Crippen LogP contribution in [0.4, 0.5) is 11.5 Å². The molecule has 0 bridgehead atoms. The summed E-state index contributed by atoms with van der Waals surface area (Å²) in [7, 11) is 1.71. The van der Waals surface area contributed by atoms with Gasteiger partial charge in [0.05, 0.1) is 17.0 Å². The minimum atomic E-state index is -1.03. The third-order valence-electron chi connectivity index (χ3n) is 5.57. The SMILES string of the molecule is CNc1nc(-c2cc(=O)c3cc(C)cc(C(C)Nc4ccccc4C(=O)O)c3o2)ccc1C=N. The molecular weight excluding hydrogens is 432 g/mol. The molecule has 0 aliphatic heterocycles. The molecule has 8 nitrogen and oxygen atoms in total. The molecule has 0 aliphatic rings. The van der Waals surface area contributed by atoms with E-state index in [0.29, 0.717) is 39.5 Å². The van der Waals surface area contributed by atoms with E-state index in [1.54, 1.807) is 43.4 Å². The second-order valence-corrected chi connectivity index (χ2v) is 7.95. The van der Waals surface area contributed by atoms with E-state index in [9.17, 15) is 14.7 Å². The number of nitrogens with zero attached hydrogens (tertiary/aromatic N) is 1. The molecule has 4 rings (SSSR count). The number of carboxylic acids is 1. The van der Waals surface area contributed by atoms with Crippen molar-refractivity contribution in [3.8, 4) is 11.5 Å². The topological polar surface area (TPSA) is 128 Å². The van der Waals surface area contributed by atoms with Crippen molar-refractivity contribution >= 4 is 34.7 Å². The molecule has 1 atom stereocenters. The Morgan fingerprint density at radius 1 is 1.18 bits per heavy atom. The average molecular weight is 457 g/mol. The maximum absolute atomic E-state index is 13.0. The average Bonchev–Trinajstić information content (AvgIpc) is 2.83. The zero-order chi connectivity index (χ0) is 24.4. The Kier molecular flexibility index (Phi) is 6.14. The van der Waals surface area contributed by atoms with Crippen molar-refractivity contribution in [3.63, 3.8) is 0 Å². The van der Waals surface area contributed by atoms with Crippen molar-refractivity contribution < 1.29 is 14.3 Å². The Balaban J connectivity index is 1.85. The fourth-order valence-corrected chi connectivity index (χ4v) is 3.91. The van der Waals surface area contributed by atoms with Gasteiger partial charge in [-0.15, -0.1) is 0 Å². The van der Waals surface area contributed by atoms with Crippen LogP contribution in [-0.2, 0) is 0 Å². The van der Waals surface area contributed by atoms with Gasteiger partial charge in [0.2, 0.25) is 0 Å². The van der Waals surface area contributed by atoms with Gasteiger partial charge in [-0.1, -0.05) is 18.2 Å². The quantitative estimate of drug-likeness (QED) is 0.286. The number of fused-ring (bicyclic) bond motifs is 1. The predicted octanol–water partition coefficient (Wildman–Crippen LogP) is 5.07. The molecule has 0 saturated heterocycles. The van der Waals surface area contributed by atoms with Gasteiger partial charge >= 0.3 is 5.97 Å².